The lowest BCUT2D eigenvalue weighted by Gasteiger charge is -2.24. The summed E-state index contributed by atoms with van der Waals surface area (Å²) in [6.07, 6.45) is 12.6. The van der Waals surface area contributed by atoms with E-state index in [4.69, 9.17) is 0 Å². The SMILES string of the molecule is C=CC1(C=C)C=CC(c2ccccc2)C=C1. The van der Waals surface area contributed by atoms with Crippen LogP contribution in [-0.2, 0) is 0 Å². The van der Waals surface area contributed by atoms with E-state index in [0.717, 1.165) is 0 Å². The smallest absolute Gasteiger partial charge is 0.0418 e. The van der Waals surface area contributed by atoms with Crippen molar-refractivity contribution in [1.29, 1.82) is 0 Å². The van der Waals surface area contributed by atoms with Gasteiger partial charge in [-0.1, -0.05) is 66.8 Å². The fraction of sp³-hybridized carbons (Fsp3) is 0.125. The minimum Gasteiger partial charge on any atom is -0.102 e. The van der Waals surface area contributed by atoms with Gasteiger partial charge in [0, 0.05) is 11.3 Å². The molecule has 1 aliphatic rings. The molecule has 80 valence electrons. The summed E-state index contributed by atoms with van der Waals surface area (Å²) >= 11 is 0. The highest BCUT2D eigenvalue weighted by atomic mass is 14.2. The highest BCUT2D eigenvalue weighted by Crippen LogP contribution is 2.33. The van der Waals surface area contributed by atoms with Crippen LogP contribution in [0.3, 0.4) is 0 Å². The van der Waals surface area contributed by atoms with Gasteiger partial charge in [0.1, 0.15) is 0 Å². The molecule has 0 aliphatic heterocycles. The van der Waals surface area contributed by atoms with Crippen molar-refractivity contribution in [3.63, 3.8) is 0 Å². The lowest BCUT2D eigenvalue weighted by Crippen LogP contribution is -2.11. The third-order valence-electron chi connectivity index (χ3n) is 3.08. The Morgan fingerprint density at radius 3 is 2.00 bits per heavy atom. The van der Waals surface area contributed by atoms with E-state index in [-0.39, 0.29) is 5.41 Å². The lowest BCUT2D eigenvalue weighted by molar-refractivity contribution is 0.786. The molecule has 0 bridgehead atoms. The van der Waals surface area contributed by atoms with Crippen molar-refractivity contribution in [2.75, 3.05) is 0 Å². The molecule has 0 saturated carbocycles. The zero-order valence-corrected chi connectivity index (χ0v) is 9.34. The Bertz CT molecular complexity index is 410. The molecular weight excluding hydrogens is 192 g/mol. The van der Waals surface area contributed by atoms with E-state index in [2.05, 4.69) is 61.7 Å². The van der Waals surface area contributed by atoms with E-state index in [1.165, 1.54) is 5.56 Å². The standard InChI is InChI=1S/C16H16/c1-3-16(4-2)12-10-15(11-13-16)14-8-6-5-7-9-14/h3-13,15H,1-2H2. The molecule has 0 saturated heterocycles. The summed E-state index contributed by atoms with van der Waals surface area (Å²) in [6, 6.07) is 10.5. The number of benzene rings is 1. The van der Waals surface area contributed by atoms with Gasteiger partial charge in [-0.15, -0.1) is 13.2 Å². The Kier molecular flexibility index (Phi) is 2.91. The Balaban J connectivity index is 2.25. The van der Waals surface area contributed by atoms with Crippen molar-refractivity contribution < 1.29 is 0 Å². The van der Waals surface area contributed by atoms with Crippen molar-refractivity contribution in [2.45, 2.75) is 5.92 Å². The Morgan fingerprint density at radius 2 is 1.50 bits per heavy atom. The maximum atomic E-state index is 3.85. The van der Waals surface area contributed by atoms with Crippen LogP contribution in [0.25, 0.3) is 0 Å². The van der Waals surface area contributed by atoms with Gasteiger partial charge in [-0.2, -0.15) is 0 Å². The first-order chi connectivity index (χ1) is 7.79. The molecule has 0 unspecified atom stereocenters. The highest BCUT2D eigenvalue weighted by molar-refractivity contribution is 5.38. The summed E-state index contributed by atoms with van der Waals surface area (Å²) in [5.41, 5.74) is 1.15. The molecule has 0 N–H and O–H groups in total. The summed E-state index contributed by atoms with van der Waals surface area (Å²) in [6.45, 7) is 7.70. The van der Waals surface area contributed by atoms with Crippen LogP contribution in [0.15, 0.2) is 79.9 Å². The summed E-state index contributed by atoms with van der Waals surface area (Å²) < 4.78 is 0. The van der Waals surface area contributed by atoms with Gasteiger partial charge in [0.2, 0.25) is 0 Å². The molecule has 0 nitrogen and oxygen atoms in total. The number of hydrogen-bond acceptors (Lipinski definition) is 0. The molecule has 0 radical (unpaired) electrons. The molecule has 0 aromatic heterocycles. The quantitative estimate of drug-likeness (QED) is 0.651. The van der Waals surface area contributed by atoms with Crippen LogP contribution < -0.4 is 0 Å². The van der Waals surface area contributed by atoms with Gasteiger partial charge in [-0.05, 0) is 5.56 Å². The molecule has 0 heterocycles. The number of rotatable bonds is 3. The van der Waals surface area contributed by atoms with Gasteiger partial charge >= 0.3 is 0 Å². The maximum absolute atomic E-state index is 3.85. The summed E-state index contributed by atoms with van der Waals surface area (Å²) in [5, 5.41) is 0. The van der Waals surface area contributed by atoms with Gasteiger partial charge in [0.05, 0.1) is 0 Å². The Morgan fingerprint density at radius 1 is 0.938 bits per heavy atom. The lowest BCUT2D eigenvalue weighted by atomic mass is 9.80. The number of hydrogen-bond donors (Lipinski definition) is 0. The van der Waals surface area contributed by atoms with Crippen LogP contribution in [0.2, 0.25) is 0 Å². The molecule has 1 aliphatic carbocycles. The average molecular weight is 208 g/mol. The molecule has 1 aromatic rings. The molecule has 0 atom stereocenters. The van der Waals surface area contributed by atoms with E-state index >= 15 is 0 Å². The van der Waals surface area contributed by atoms with Crippen LogP contribution in [0.1, 0.15) is 11.5 Å². The maximum Gasteiger partial charge on any atom is 0.0418 e. The molecule has 0 spiro atoms. The Labute approximate surface area is 97.3 Å². The van der Waals surface area contributed by atoms with Crippen LogP contribution in [0.4, 0.5) is 0 Å². The first kappa shape index (κ1) is 10.7. The van der Waals surface area contributed by atoms with Gasteiger partial charge in [0.25, 0.3) is 0 Å². The van der Waals surface area contributed by atoms with Crippen molar-refractivity contribution in [3.05, 3.63) is 85.5 Å². The molecular formula is C16H16. The van der Waals surface area contributed by atoms with Gasteiger partial charge in [-0.25, -0.2) is 0 Å². The second kappa shape index (κ2) is 4.36. The predicted molar refractivity (Wildman–Crippen MR) is 70.3 cm³/mol. The molecule has 1 aromatic carbocycles. The normalized spacial score (nSPS) is 18.2. The second-order valence-corrected chi connectivity index (χ2v) is 4.06. The first-order valence-electron chi connectivity index (χ1n) is 5.50. The van der Waals surface area contributed by atoms with Crippen LogP contribution in [0, 0.1) is 5.41 Å². The molecule has 0 heteroatoms. The van der Waals surface area contributed by atoms with Crippen molar-refractivity contribution in [2.24, 2.45) is 5.41 Å². The zero-order chi connectivity index (χ0) is 11.4. The van der Waals surface area contributed by atoms with E-state index < -0.39 is 0 Å². The van der Waals surface area contributed by atoms with E-state index in [0.29, 0.717) is 5.92 Å². The van der Waals surface area contributed by atoms with Crippen molar-refractivity contribution in [3.8, 4) is 0 Å². The zero-order valence-electron chi connectivity index (χ0n) is 9.34. The minimum absolute atomic E-state index is 0.161. The molecule has 0 amide bonds. The van der Waals surface area contributed by atoms with Gasteiger partial charge < -0.3 is 0 Å². The molecule has 16 heavy (non-hydrogen) atoms. The van der Waals surface area contributed by atoms with Gasteiger partial charge in [-0.3, -0.25) is 0 Å². The predicted octanol–water partition coefficient (Wildman–Crippen LogP) is 4.25. The Hall–Kier alpha value is -1.82. The summed E-state index contributed by atoms with van der Waals surface area (Å²) in [4.78, 5) is 0. The summed E-state index contributed by atoms with van der Waals surface area (Å²) in [5.74, 6) is 0.370. The van der Waals surface area contributed by atoms with Crippen LogP contribution in [0.5, 0.6) is 0 Å². The fourth-order valence-electron chi connectivity index (χ4n) is 1.91. The number of allylic oxidation sites excluding steroid dienone is 6. The highest BCUT2D eigenvalue weighted by Gasteiger charge is 2.19. The van der Waals surface area contributed by atoms with Crippen LogP contribution in [-0.4, -0.2) is 0 Å². The summed E-state index contributed by atoms with van der Waals surface area (Å²) in [7, 11) is 0. The molecule has 0 fully saturated rings. The average Bonchev–Trinajstić information content (AvgIpc) is 2.40. The third kappa shape index (κ3) is 1.92. The first-order valence-corrected chi connectivity index (χ1v) is 5.50. The molecule has 2 rings (SSSR count). The minimum atomic E-state index is -0.161. The van der Waals surface area contributed by atoms with Crippen LogP contribution >= 0.6 is 0 Å². The van der Waals surface area contributed by atoms with E-state index in [1.54, 1.807) is 0 Å². The topological polar surface area (TPSA) is 0 Å². The van der Waals surface area contributed by atoms with Crippen molar-refractivity contribution >= 4 is 0 Å². The third-order valence-corrected chi connectivity index (χ3v) is 3.08. The fourth-order valence-corrected chi connectivity index (χ4v) is 1.91. The van der Waals surface area contributed by atoms with Gasteiger partial charge in [0.15, 0.2) is 0 Å². The van der Waals surface area contributed by atoms with E-state index in [1.807, 2.05) is 18.2 Å². The largest absolute Gasteiger partial charge is 0.102 e. The monoisotopic (exact) mass is 208 g/mol. The van der Waals surface area contributed by atoms with Crippen molar-refractivity contribution in [1.82, 2.24) is 0 Å². The van der Waals surface area contributed by atoms with E-state index in [9.17, 15) is 0 Å². The second-order valence-electron chi connectivity index (χ2n) is 4.06.